The van der Waals surface area contributed by atoms with Crippen molar-refractivity contribution in [1.29, 1.82) is 5.26 Å². The van der Waals surface area contributed by atoms with Gasteiger partial charge in [-0.3, -0.25) is 0 Å². The summed E-state index contributed by atoms with van der Waals surface area (Å²) in [6, 6.07) is 7.28. The summed E-state index contributed by atoms with van der Waals surface area (Å²) < 4.78 is 0. The fourth-order valence-electron chi connectivity index (χ4n) is 0.940. The lowest BCUT2D eigenvalue weighted by Crippen LogP contribution is -1.87. The quantitative estimate of drug-likeness (QED) is 0.563. The van der Waals surface area contributed by atoms with Gasteiger partial charge in [0.25, 0.3) is 0 Å². The molecule has 1 rings (SSSR count). The zero-order valence-corrected chi connectivity index (χ0v) is 6.46. The van der Waals surface area contributed by atoms with Gasteiger partial charge >= 0.3 is 0 Å². The number of nitriles is 1. The average Bonchev–Trinajstić information content (AvgIpc) is 2.16. The lowest BCUT2D eigenvalue weighted by atomic mass is 10.0. The van der Waals surface area contributed by atoms with Gasteiger partial charge in [-0.15, -0.1) is 6.42 Å². The molecule has 0 aliphatic heterocycles. The first-order chi connectivity index (χ1) is 5.83. The minimum absolute atomic E-state index is 0.468. The van der Waals surface area contributed by atoms with Gasteiger partial charge in [-0.1, -0.05) is 24.6 Å². The largest absolute Gasteiger partial charge is 0.192 e. The van der Waals surface area contributed by atoms with Crippen molar-refractivity contribution in [2.24, 2.45) is 0 Å². The summed E-state index contributed by atoms with van der Waals surface area (Å²) in [6.45, 7) is 3.47. The number of hydrogen-bond donors (Lipinski definition) is 0. The highest BCUT2D eigenvalue weighted by Gasteiger charge is 2.02. The molecule has 0 aromatic heterocycles. The predicted molar refractivity (Wildman–Crippen MR) is 47.1 cm³/mol. The van der Waals surface area contributed by atoms with Gasteiger partial charge in [0.15, 0.2) is 0 Å². The second kappa shape index (κ2) is 3.42. The second-order valence-corrected chi connectivity index (χ2v) is 2.16. The molecule has 1 aromatic rings. The van der Waals surface area contributed by atoms with Crippen LogP contribution in [0.2, 0.25) is 0 Å². The number of rotatable bonds is 1. The summed E-state index contributed by atoms with van der Waals surface area (Å²) in [5, 5.41) is 8.75. The van der Waals surface area contributed by atoms with Crippen molar-refractivity contribution in [2.45, 2.75) is 0 Å². The summed E-state index contributed by atoms with van der Waals surface area (Å²) >= 11 is 0. The first kappa shape index (κ1) is 8.11. The molecule has 0 atom stereocenters. The molecule has 0 spiro atoms. The third kappa shape index (κ3) is 1.21. The zero-order chi connectivity index (χ0) is 8.97. The first-order valence-corrected chi connectivity index (χ1v) is 3.36. The van der Waals surface area contributed by atoms with Crippen LogP contribution in [0.4, 0.5) is 0 Å². The summed E-state index contributed by atoms with van der Waals surface area (Å²) in [4.78, 5) is 0. The van der Waals surface area contributed by atoms with Crippen LogP contribution in [-0.2, 0) is 0 Å². The van der Waals surface area contributed by atoms with E-state index in [9.17, 15) is 0 Å². The van der Waals surface area contributed by atoms with E-state index in [-0.39, 0.29) is 0 Å². The normalized spacial score (nSPS) is 8.17. The Bertz CT molecular complexity index is 388. The Morgan fingerprint density at radius 3 is 2.50 bits per heavy atom. The molecular formula is C11H6N. The molecule has 0 saturated carbocycles. The maximum atomic E-state index is 8.75. The van der Waals surface area contributed by atoms with Crippen LogP contribution in [-0.4, -0.2) is 0 Å². The van der Waals surface area contributed by atoms with Crippen molar-refractivity contribution in [3.05, 3.63) is 47.5 Å². The molecule has 0 amide bonds. The van der Waals surface area contributed by atoms with Crippen LogP contribution in [0.1, 0.15) is 16.7 Å². The minimum Gasteiger partial charge on any atom is -0.192 e. The van der Waals surface area contributed by atoms with Gasteiger partial charge in [-0.25, -0.2) is 0 Å². The first-order valence-electron chi connectivity index (χ1n) is 3.36. The molecule has 0 bridgehead atoms. The van der Waals surface area contributed by atoms with Crippen molar-refractivity contribution in [2.75, 3.05) is 0 Å². The van der Waals surface area contributed by atoms with E-state index in [1.165, 1.54) is 0 Å². The molecule has 1 nitrogen and oxygen atoms in total. The highest BCUT2D eigenvalue weighted by Crippen LogP contribution is 2.12. The Hall–Kier alpha value is -1.99. The van der Waals surface area contributed by atoms with E-state index in [2.05, 4.69) is 18.6 Å². The van der Waals surface area contributed by atoms with Crippen LogP contribution in [0.15, 0.2) is 24.8 Å². The fraction of sp³-hybridized carbons (Fsp3) is 0. The van der Waals surface area contributed by atoms with Gasteiger partial charge in [0.2, 0.25) is 0 Å². The summed E-state index contributed by atoms with van der Waals surface area (Å²) in [5.41, 5.74) is 1.72. The zero-order valence-electron chi connectivity index (χ0n) is 6.46. The SMILES string of the molecule is C#Cc1cccc([C]=C)c1C#N. The van der Waals surface area contributed by atoms with Crippen molar-refractivity contribution < 1.29 is 0 Å². The molecule has 0 fully saturated rings. The van der Waals surface area contributed by atoms with Crippen molar-refractivity contribution in [3.63, 3.8) is 0 Å². The van der Waals surface area contributed by atoms with Crippen LogP contribution in [0.5, 0.6) is 0 Å². The highest BCUT2D eigenvalue weighted by molar-refractivity contribution is 5.53. The van der Waals surface area contributed by atoms with E-state index in [1.54, 1.807) is 18.2 Å². The van der Waals surface area contributed by atoms with Gasteiger partial charge in [-0.05, 0) is 12.1 Å². The molecule has 55 valence electrons. The number of nitrogens with zero attached hydrogens (tertiary/aromatic N) is 1. The van der Waals surface area contributed by atoms with Crippen LogP contribution in [0, 0.1) is 29.8 Å². The van der Waals surface area contributed by atoms with E-state index >= 15 is 0 Å². The molecule has 1 radical (unpaired) electrons. The Morgan fingerprint density at radius 1 is 1.33 bits per heavy atom. The van der Waals surface area contributed by atoms with E-state index < -0.39 is 0 Å². The van der Waals surface area contributed by atoms with Crippen molar-refractivity contribution in [3.8, 4) is 18.4 Å². The summed E-state index contributed by atoms with van der Waals surface area (Å²) in [5.74, 6) is 2.43. The molecular weight excluding hydrogens is 146 g/mol. The van der Waals surface area contributed by atoms with Crippen LogP contribution in [0.25, 0.3) is 0 Å². The van der Waals surface area contributed by atoms with E-state index in [4.69, 9.17) is 11.7 Å². The Morgan fingerprint density at radius 2 is 2.00 bits per heavy atom. The van der Waals surface area contributed by atoms with Gasteiger partial charge in [-0.2, -0.15) is 5.26 Å². The molecule has 0 saturated heterocycles. The fourth-order valence-corrected chi connectivity index (χ4v) is 0.940. The number of terminal acetylenes is 1. The monoisotopic (exact) mass is 152 g/mol. The molecule has 0 aliphatic carbocycles. The second-order valence-electron chi connectivity index (χ2n) is 2.16. The molecule has 0 N–H and O–H groups in total. The third-order valence-corrected chi connectivity index (χ3v) is 1.52. The maximum absolute atomic E-state index is 8.75. The van der Waals surface area contributed by atoms with Gasteiger partial charge in [0.05, 0.1) is 5.56 Å². The van der Waals surface area contributed by atoms with E-state index in [0.29, 0.717) is 16.7 Å². The summed E-state index contributed by atoms with van der Waals surface area (Å²) in [6.07, 6.45) is 7.85. The molecule has 1 aromatic carbocycles. The van der Waals surface area contributed by atoms with E-state index in [1.807, 2.05) is 6.07 Å². The topological polar surface area (TPSA) is 23.8 Å². The van der Waals surface area contributed by atoms with Gasteiger partial charge in [0.1, 0.15) is 6.07 Å². The van der Waals surface area contributed by atoms with Crippen LogP contribution < -0.4 is 0 Å². The molecule has 1 heteroatoms. The van der Waals surface area contributed by atoms with Crippen molar-refractivity contribution >= 4 is 0 Å². The molecule has 0 aliphatic rings. The lowest BCUT2D eigenvalue weighted by Gasteiger charge is -1.98. The van der Waals surface area contributed by atoms with Gasteiger partial charge < -0.3 is 0 Å². The smallest absolute Gasteiger partial charge is 0.101 e. The number of hydrogen-bond acceptors (Lipinski definition) is 1. The Labute approximate surface area is 72.0 Å². The lowest BCUT2D eigenvalue weighted by molar-refractivity contribution is 1.43. The maximum Gasteiger partial charge on any atom is 0.101 e. The van der Waals surface area contributed by atoms with Crippen LogP contribution >= 0.6 is 0 Å². The third-order valence-electron chi connectivity index (χ3n) is 1.52. The Balaban J connectivity index is 3.47. The molecule has 0 heterocycles. The van der Waals surface area contributed by atoms with Crippen molar-refractivity contribution in [1.82, 2.24) is 0 Å². The summed E-state index contributed by atoms with van der Waals surface area (Å²) in [7, 11) is 0. The highest BCUT2D eigenvalue weighted by atomic mass is 14.2. The standard InChI is InChI=1S/C11H6N/c1-3-9-6-5-7-10(4-2)11(9)8-12/h1,5-7H,2H2. The van der Waals surface area contributed by atoms with Crippen LogP contribution in [0.3, 0.4) is 0 Å². The van der Waals surface area contributed by atoms with Gasteiger partial charge in [0, 0.05) is 11.1 Å². The number of benzene rings is 1. The predicted octanol–water partition coefficient (Wildman–Crippen LogP) is 1.88. The van der Waals surface area contributed by atoms with E-state index in [0.717, 1.165) is 0 Å². The minimum atomic E-state index is 0.468. The molecule has 12 heavy (non-hydrogen) atoms. The molecule has 0 unspecified atom stereocenters. The average molecular weight is 152 g/mol. The Kier molecular flexibility index (Phi) is 2.31.